The van der Waals surface area contributed by atoms with Crippen molar-refractivity contribution < 1.29 is 57.1 Å². The van der Waals surface area contributed by atoms with Crippen molar-refractivity contribution in [1.29, 1.82) is 0 Å². The molecule has 2 rings (SSSR count). The van der Waals surface area contributed by atoms with E-state index in [0.29, 0.717) is 34.1 Å². The highest BCUT2D eigenvalue weighted by Gasteiger charge is 2.16. The molecule has 0 spiro atoms. The molecule has 12 heteroatoms. The van der Waals surface area contributed by atoms with E-state index in [4.69, 9.17) is 37.9 Å². The zero-order valence-corrected chi connectivity index (χ0v) is 24.2. The van der Waals surface area contributed by atoms with Crippen LogP contribution in [-0.4, -0.2) is 76.7 Å². The Kier molecular flexibility index (Phi) is 15.4. The Balaban J connectivity index is 2.32. The molecule has 0 aromatic heterocycles. The van der Waals surface area contributed by atoms with Crippen LogP contribution in [0.5, 0.6) is 23.0 Å². The van der Waals surface area contributed by atoms with Gasteiger partial charge in [0, 0.05) is 47.6 Å². The van der Waals surface area contributed by atoms with Crippen LogP contribution in [0.2, 0.25) is 0 Å². The summed E-state index contributed by atoms with van der Waals surface area (Å²) in [5, 5.41) is 0. The third kappa shape index (κ3) is 12.6. The van der Waals surface area contributed by atoms with Crippen molar-refractivity contribution in [2.75, 3.05) is 52.9 Å². The fourth-order valence-corrected chi connectivity index (χ4v) is 3.30. The number of esters is 4. The van der Waals surface area contributed by atoms with Gasteiger partial charge in [-0.1, -0.05) is 26.3 Å². The number of hydrogen-bond acceptors (Lipinski definition) is 12. The molecule has 0 N–H and O–H groups in total. The fourth-order valence-electron chi connectivity index (χ4n) is 3.30. The van der Waals surface area contributed by atoms with Gasteiger partial charge in [0.05, 0.1) is 0 Å². The van der Waals surface area contributed by atoms with Crippen molar-refractivity contribution >= 4 is 23.9 Å². The minimum absolute atomic E-state index is 0.00294. The molecule has 0 fully saturated rings. The van der Waals surface area contributed by atoms with Crippen LogP contribution in [0.3, 0.4) is 0 Å². The van der Waals surface area contributed by atoms with E-state index in [-0.39, 0.29) is 52.9 Å². The molecule has 44 heavy (non-hydrogen) atoms. The predicted octanol–water partition coefficient (Wildman–Crippen LogP) is 3.79. The number of rotatable bonds is 21. The Bertz CT molecular complexity index is 1230. The number of hydrogen-bond donors (Lipinski definition) is 0. The average molecular weight is 611 g/mol. The predicted molar refractivity (Wildman–Crippen MR) is 158 cm³/mol. The second kappa shape index (κ2) is 19.6. The largest absolute Gasteiger partial charge is 0.490 e. The Morgan fingerprint density at radius 3 is 1.05 bits per heavy atom. The molecule has 0 heterocycles. The maximum absolute atomic E-state index is 11.4. The van der Waals surface area contributed by atoms with E-state index in [9.17, 15) is 19.2 Å². The van der Waals surface area contributed by atoms with Crippen molar-refractivity contribution in [2.45, 2.75) is 0 Å². The van der Waals surface area contributed by atoms with Gasteiger partial charge in [0.15, 0.2) is 0 Å². The summed E-state index contributed by atoms with van der Waals surface area (Å²) in [7, 11) is 0. The third-order valence-electron chi connectivity index (χ3n) is 5.23. The monoisotopic (exact) mass is 610 g/mol. The van der Waals surface area contributed by atoms with Crippen LogP contribution < -0.4 is 18.9 Å². The fraction of sp³-hybridized carbons (Fsp3) is 0.250. The van der Waals surface area contributed by atoms with Crippen molar-refractivity contribution in [3.63, 3.8) is 0 Å². The Hall–Kier alpha value is -5.52. The van der Waals surface area contributed by atoms with Gasteiger partial charge in [-0.25, -0.2) is 19.2 Å². The van der Waals surface area contributed by atoms with Crippen LogP contribution in [0.1, 0.15) is 0 Å². The van der Waals surface area contributed by atoms with Crippen LogP contribution in [0.15, 0.2) is 87.0 Å². The molecule has 0 aliphatic rings. The first-order chi connectivity index (χ1) is 21.3. The molecule has 0 aliphatic heterocycles. The first-order valence-electron chi connectivity index (χ1n) is 13.3. The summed E-state index contributed by atoms with van der Waals surface area (Å²) >= 11 is 0. The van der Waals surface area contributed by atoms with E-state index in [0.717, 1.165) is 24.3 Å². The standard InChI is InChI=1S/C32H34O12/c1-5-29(33)41-17-13-37-23-9-11-25(27(21-23)39-15-19-43-31(35)7-3)26-12-10-24(38-14-18-42-30(34)6-2)22-28(26)40-16-20-44-32(36)8-4/h5-12,21-22H,1-4,13-20H2. The average Bonchev–Trinajstić information content (AvgIpc) is 3.05. The van der Waals surface area contributed by atoms with E-state index in [1.54, 1.807) is 36.4 Å². The van der Waals surface area contributed by atoms with Gasteiger partial charge in [0.25, 0.3) is 0 Å². The molecule has 2 aromatic rings. The van der Waals surface area contributed by atoms with Gasteiger partial charge in [0.2, 0.25) is 0 Å². The summed E-state index contributed by atoms with van der Waals surface area (Å²) in [5.74, 6) is -0.798. The molecule has 0 aliphatic carbocycles. The lowest BCUT2D eigenvalue weighted by Gasteiger charge is -2.18. The number of benzene rings is 2. The highest BCUT2D eigenvalue weighted by atomic mass is 16.6. The second-order valence-electron chi connectivity index (χ2n) is 8.20. The number of carbonyl (C=O) groups is 4. The molecule has 0 saturated heterocycles. The van der Waals surface area contributed by atoms with Crippen LogP contribution in [0, 0.1) is 0 Å². The molecule has 2 aromatic carbocycles. The first-order valence-corrected chi connectivity index (χ1v) is 13.3. The lowest BCUT2D eigenvalue weighted by atomic mass is 10.0. The topological polar surface area (TPSA) is 142 Å². The summed E-state index contributed by atoms with van der Waals surface area (Å²) in [5.41, 5.74) is 1.16. The quantitative estimate of drug-likeness (QED) is 0.0878. The highest BCUT2D eigenvalue weighted by Crippen LogP contribution is 2.40. The van der Waals surface area contributed by atoms with Crippen molar-refractivity contribution in [2.24, 2.45) is 0 Å². The van der Waals surface area contributed by atoms with E-state index in [1.165, 1.54) is 0 Å². The zero-order chi connectivity index (χ0) is 32.2. The van der Waals surface area contributed by atoms with Gasteiger partial charge in [-0.3, -0.25) is 0 Å². The molecule has 12 nitrogen and oxygen atoms in total. The summed E-state index contributed by atoms with van der Waals surface area (Å²) in [6.45, 7) is 13.5. The minimum Gasteiger partial charge on any atom is -0.490 e. The van der Waals surface area contributed by atoms with Crippen LogP contribution >= 0.6 is 0 Å². The number of ether oxygens (including phenoxy) is 8. The lowest BCUT2D eigenvalue weighted by Crippen LogP contribution is -2.12. The van der Waals surface area contributed by atoms with E-state index in [1.807, 2.05) is 0 Å². The van der Waals surface area contributed by atoms with Crippen molar-refractivity contribution in [3.05, 3.63) is 87.0 Å². The van der Waals surface area contributed by atoms with E-state index < -0.39 is 23.9 Å². The van der Waals surface area contributed by atoms with E-state index >= 15 is 0 Å². The third-order valence-corrected chi connectivity index (χ3v) is 5.23. The molecular formula is C32H34O12. The van der Waals surface area contributed by atoms with Gasteiger partial charge in [0.1, 0.15) is 75.9 Å². The smallest absolute Gasteiger partial charge is 0.330 e. The summed E-state index contributed by atoms with van der Waals surface area (Å²) < 4.78 is 43.2. The van der Waals surface area contributed by atoms with E-state index in [2.05, 4.69) is 26.3 Å². The van der Waals surface area contributed by atoms with Gasteiger partial charge >= 0.3 is 23.9 Å². The maximum atomic E-state index is 11.4. The van der Waals surface area contributed by atoms with Gasteiger partial charge in [-0.05, 0) is 24.3 Å². The molecule has 0 atom stereocenters. The van der Waals surface area contributed by atoms with Crippen LogP contribution in [-0.2, 0) is 38.1 Å². The molecule has 234 valence electrons. The van der Waals surface area contributed by atoms with Gasteiger partial charge in [-0.15, -0.1) is 0 Å². The first kappa shape index (κ1) is 34.7. The summed E-state index contributed by atoms with van der Waals surface area (Å²) in [6.07, 6.45) is 4.19. The van der Waals surface area contributed by atoms with Crippen LogP contribution in [0.4, 0.5) is 0 Å². The Morgan fingerprint density at radius 1 is 0.455 bits per heavy atom. The van der Waals surface area contributed by atoms with Crippen molar-refractivity contribution in [3.8, 4) is 34.1 Å². The normalized spacial score (nSPS) is 9.91. The number of carbonyl (C=O) groups excluding carboxylic acids is 4. The second-order valence-corrected chi connectivity index (χ2v) is 8.20. The lowest BCUT2D eigenvalue weighted by molar-refractivity contribution is -0.139. The molecule has 0 amide bonds. The molecular weight excluding hydrogens is 576 g/mol. The van der Waals surface area contributed by atoms with Gasteiger partial charge in [-0.2, -0.15) is 0 Å². The molecule has 0 saturated carbocycles. The summed E-state index contributed by atoms with van der Waals surface area (Å²) in [6, 6.07) is 10.1. The zero-order valence-electron chi connectivity index (χ0n) is 24.2. The van der Waals surface area contributed by atoms with Crippen LogP contribution in [0.25, 0.3) is 11.1 Å². The SMILES string of the molecule is C=CC(=O)OCCOc1ccc(-c2ccc(OCCOC(=O)C=C)cc2OCCOC(=O)C=C)c(OCCOC(=O)C=C)c1. The van der Waals surface area contributed by atoms with Crippen molar-refractivity contribution in [1.82, 2.24) is 0 Å². The molecule has 0 unspecified atom stereocenters. The molecule has 0 bridgehead atoms. The minimum atomic E-state index is -0.595. The highest BCUT2D eigenvalue weighted by molar-refractivity contribution is 5.82. The van der Waals surface area contributed by atoms with Gasteiger partial charge < -0.3 is 37.9 Å². The Labute approximate surface area is 255 Å². The molecule has 0 radical (unpaired) electrons. The summed E-state index contributed by atoms with van der Waals surface area (Å²) in [4.78, 5) is 45.4. The maximum Gasteiger partial charge on any atom is 0.330 e. The Morgan fingerprint density at radius 2 is 0.750 bits per heavy atom.